The van der Waals surface area contributed by atoms with E-state index in [1.165, 1.54) is 27.8 Å². The van der Waals surface area contributed by atoms with Crippen molar-refractivity contribution in [1.82, 2.24) is 0 Å². The van der Waals surface area contributed by atoms with E-state index in [-0.39, 0.29) is 0 Å². The molecule has 0 unspecified atom stereocenters. The molecule has 0 atom stereocenters. The van der Waals surface area contributed by atoms with E-state index in [0.717, 1.165) is 12.0 Å². The standard InChI is InChI=1S/C17H22.C7H6Cl2/c1-13(2)10-11-14(3)16(5)12-17-9-7-6-8-15(17)4;1-5-2-3-6(8)7(9)4-5/h6-9,11-12H,1,10H2,2-5H3;2-4H,1H3/b14-11+,16-12+;. The molecule has 0 bridgehead atoms. The molecule has 0 amide bonds. The first kappa shape index (κ1) is 22.3. The van der Waals surface area contributed by atoms with Crippen LogP contribution in [-0.2, 0) is 0 Å². The zero-order chi connectivity index (χ0) is 19.7. The summed E-state index contributed by atoms with van der Waals surface area (Å²) in [7, 11) is 0. The quantitative estimate of drug-likeness (QED) is 0.364. The van der Waals surface area contributed by atoms with E-state index >= 15 is 0 Å². The van der Waals surface area contributed by atoms with E-state index in [2.05, 4.69) is 70.7 Å². The minimum Gasteiger partial charge on any atom is -0.0998 e. The van der Waals surface area contributed by atoms with E-state index in [9.17, 15) is 0 Å². The van der Waals surface area contributed by atoms with Gasteiger partial charge in [-0.05, 0) is 75.4 Å². The third-order valence-corrected chi connectivity index (χ3v) is 4.75. The Morgan fingerprint density at radius 1 is 0.923 bits per heavy atom. The van der Waals surface area contributed by atoms with Gasteiger partial charge in [-0.1, -0.05) is 83.4 Å². The van der Waals surface area contributed by atoms with Crippen LogP contribution in [0.4, 0.5) is 0 Å². The zero-order valence-corrected chi connectivity index (χ0v) is 17.9. The molecule has 0 nitrogen and oxygen atoms in total. The minimum atomic E-state index is 0.613. The fourth-order valence-electron chi connectivity index (χ4n) is 2.19. The lowest BCUT2D eigenvalue weighted by Crippen LogP contribution is -1.84. The van der Waals surface area contributed by atoms with Crippen LogP contribution in [0, 0.1) is 13.8 Å². The van der Waals surface area contributed by atoms with Crippen LogP contribution in [0.15, 0.2) is 71.8 Å². The van der Waals surface area contributed by atoms with Crippen LogP contribution >= 0.6 is 23.2 Å². The summed E-state index contributed by atoms with van der Waals surface area (Å²) < 4.78 is 0. The molecule has 138 valence electrons. The number of hydrogen-bond acceptors (Lipinski definition) is 0. The van der Waals surface area contributed by atoms with Crippen LogP contribution < -0.4 is 0 Å². The minimum absolute atomic E-state index is 0.613. The predicted octanol–water partition coefficient (Wildman–Crippen LogP) is 8.61. The molecule has 2 heteroatoms. The van der Waals surface area contributed by atoms with Crippen LogP contribution in [0.3, 0.4) is 0 Å². The lowest BCUT2D eigenvalue weighted by molar-refractivity contribution is 1.19. The Bertz CT molecular complexity index is 811. The predicted molar refractivity (Wildman–Crippen MR) is 119 cm³/mol. The normalized spacial score (nSPS) is 11.7. The Morgan fingerprint density at radius 2 is 1.58 bits per heavy atom. The van der Waals surface area contributed by atoms with Gasteiger partial charge in [0.25, 0.3) is 0 Å². The number of rotatable bonds is 4. The van der Waals surface area contributed by atoms with Gasteiger partial charge in [-0.3, -0.25) is 0 Å². The van der Waals surface area contributed by atoms with Crippen LogP contribution in [-0.4, -0.2) is 0 Å². The summed E-state index contributed by atoms with van der Waals surface area (Å²) in [5, 5.41) is 1.24. The van der Waals surface area contributed by atoms with Crippen molar-refractivity contribution in [1.29, 1.82) is 0 Å². The van der Waals surface area contributed by atoms with Gasteiger partial charge in [0.05, 0.1) is 10.0 Å². The van der Waals surface area contributed by atoms with Crippen molar-refractivity contribution in [2.45, 2.75) is 41.0 Å². The molecule has 0 saturated heterocycles. The topological polar surface area (TPSA) is 0 Å². The third-order valence-electron chi connectivity index (χ3n) is 4.01. The summed E-state index contributed by atoms with van der Waals surface area (Å²) in [5.41, 5.74) is 7.60. The maximum atomic E-state index is 5.68. The third kappa shape index (κ3) is 8.08. The second-order valence-electron chi connectivity index (χ2n) is 6.65. The Balaban J connectivity index is 0.000000314. The van der Waals surface area contributed by atoms with Crippen molar-refractivity contribution in [3.05, 3.63) is 98.6 Å². The number of hydrogen-bond donors (Lipinski definition) is 0. The number of allylic oxidation sites excluding steroid dienone is 4. The first-order valence-corrected chi connectivity index (χ1v) is 9.43. The van der Waals surface area contributed by atoms with Crippen LogP contribution in [0.1, 0.15) is 43.9 Å². The Morgan fingerprint density at radius 3 is 2.12 bits per heavy atom. The maximum absolute atomic E-state index is 5.68. The van der Waals surface area contributed by atoms with Crippen molar-refractivity contribution < 1.29 is 0 Å². The highest BCUT2D eigenvalue weighted by atomic mass is 35.5. The fraction of sp³-hybridized carbons (Fsp3) is 0.250. The van der Waals surface area contributed by atoms with Crippen molar-refractivity contribution in [3.63, 3.8) is 0 Å². The maximum Gasteiger partial charge on any atom is 0.0594 e. The Hall–Kier alpha value is -1.76. The molecule has 0 radical (unpaired) electrons. The summed E-state index contributed by atoms with van der Waals surface area (Å²) in [5.74, 6) is 0. The first-order valence-electron chi connectivity index (χ1n) is 8.67. The van der Waals surface area contributed by atoms with E-state index in [0.29, 0.717) is 10.0 Å². The summed E-state index contributed by atoms with van der Waals surface area (Å²) in [6, 6.07) is 14.0. The lowest BCUT2D eigenvalue weighted by atomic mass is 10.0. The first-order chi connectivity index (χ1) is 12.2. The van der Waals surface area contributed by atoms with E-state index in [4.69, 9.17) is 23.2 Å². The van der Waals surface area contributed by atoms with Crippen molar-refractivity contribution in [3.8, 4) is 0 Å². The molecule has 0 aliphatic carbocycles. The zero-order valence-electron chi connectivity index (χ0n) is 16.4. The van der Waals surface area contributed by atoms with E-state index in [1.54, 1.807) is 6.07 Å². The monoisotopic (exact) mass is 386 g/mol. The highest BCUT2D eigenvalue weighted by Crippen LogP contribution is 2.21. The van der Waals surface area contributed by atoms with Crippen LogP contribution in [0.2, 0.25) is 10.0 Å². The molecule has 0 fully saturated rings. The van der Waals surface area contributed by atoms with E-state index < -0.39 is 0 Å². The molecule has 0 aliphatic heterocycles. The highest BCUT2D eigenvalue weighted by molar-refractivity contribution is 6.42. The molecule has 0 saturated carbocycles. The SMILES string of the molecule is C=C(C)C/C=C(C)/C(C)=C/c1ccccc1C.Cc1ccc(Cl)c(Cl)c1. The number of benzene rings is 2. The van der Waals surface area contributed by atoms with Gasteiger partial charge in [0.2, 0.25) is 0 Å². The summed E-state index contributed by atoms with van der Waals surface area (Å²) in [4.78, 5) is 0. The lowest BCUT2D eigenvalue weighted by Gasteiger charge is -2.05. The average molecular weight is 387 g/mol. The Labute approximate surface area is 168 Å². The Kier molecular flexibility index (Phi) is 9.48. The van der Waals surface area contributed by atoms with Gasteiger partial charge < -0.3 is 0 Å². The smallest absolute Gasteiger partial charge is 0.0594 e. The largest absolute Gasteiger partial charge is 0.0998 e. The molecule has 26 heavy (non-hydrogen) atoms. The van der Waals surface area contributed by atoms with Gasteiger partial charge in [0.15, 0.2) is 0 Å². The van der Waals surface area contributed by atoms with Crippen molar-refractivity contribution >= 4 is 29.3 Å². The average Bonchev–Trinajstić information content (AvgIpc) is 2.58. The molecule has 2 aromatic carbocycles. The van der Waals surface area contributed by atoms with Gasteiger partial charge >= 0.3 is 0 Å². The number of halogens is 2. The summed E-state index contributed by atoms with van der Waals surface area (Å²) >= 11 is 11.3. The molecular formula is C24H28Cl2. The van der Waals surface area contributed by atoms with Gasteiger partial charge in [-0.25, -0.2) is 0 Å². The van der Waals surface area contributed by atoms with E-state index in [1.807, 2.05) is 19.1 Å². The van der Waals surface area contributed by atoms with Gasteiger partial charge in [0, 0.05) is 0 Å². The molecule has 0 aliphatic rings. The molecule has 0 spiro atoms. The van der Waals surface area contributed by atoms with Gasteiger partial charge in [0.1, 0.15) is 0 Å². The van der Waals surface area contributed by atoms with Gasteiger partial charge in [-0.15, -0.1) is 0 Å². The molecule has 0 aromatic heterocycles. The van der Waals surface area contributed by atoms with Gasteiger partial charge in [-0.2, -0.15) is 0 Å². The number of aryl methyl sites for hydroxylation is 2. The van der Waals surface area contributed by atoms with Crippen molar-refractivity contribution in [2.75, 3.05) is 0 Å². The molecular weight excluding hydrogens is 359 g/mol. The summed E-state index contributed by atoms with van der Waals surface area (Å²) in [6.07, 6.45) is 5.46. The second-order valence-corrected chi connectivity index (χ2v) is 7.46. The summed E-state index contributed by atoms with van der Waals surface area (Å²) in [6.45, 7) is 14.4. The molecule has 2 rings (SSSR count). The fourth-order valence-corrected chi connectivity index (χ4v) is 2.54. The van der Waals surface area contributed by atoms with Crippen molar-refractivity contribution in [2.24, 2.45) is 0 Å². The van der Waals surface area contributed by atoms with Crippen LogP contribution in [0.25, 0.3) is 6.08 Å². The molecule has 0 N–H and O–H groups in total. The highest BCUT2D eigenvalue weighted by Gasteiger charge is 1.97. The molecule has 0 heterocycles. The second kappa shape index (κ2) is 11.1. The molecule has 2 aromatic rings. The van der Waals surface area contributed by atoms with Crippen LogP contribution in [0.5, 0.6) is 0 Å².